The van der Waals surface area contributed by atoms with Crippen molar-refractivity contribution >= 4 is 0 Å². The van der Waals surface area contributed by atoms with Crippen LogP contribution in [0.15, 0.2) is 0 Å². The van der Waals surface area contributed by atoms with E-state index >= 15 is 0 Å². The van der Waals surface area contributed by atoms with Crippen molar-refractivity contribution < 1.29 is 0 Å². The summed E-state index contributed by atoms with van der Waals surface area (Å²) in [5, 5.41) is 3.58. The fraction of sp³-hybridized carbons (Fsp3) is 1.00. The van der Waals surface area contributed by atoms with Gasteiger partial charge in [0.15, 0.2) is 0 Å². The van der Waals surface area contributed by atoms with E-state index in [2.05, 4.69) is 44.8 Å². The second-order valence-corrected chi connectivity index (χ2v) is 5.84. The van der Waals surface area contributed by atoms with E-state index in [4.69, 9.17) is 0 Å². The van der Waals surface area contributed by atoms with Crippen molar-refractivity contribution in [3.63, 3.8) is 0 Å². The first-order valence-electron chi connectivity index (χ1n) is 7.02. The summed E-state index contributed by atoms with van der Waals surface area (Å²) in [5.41, 5.74) is 0. The lowest BCUT2D eigenvalue weighted by Crippen LogP contribution is -2.48. The van der Waals surface area contributed by atoms with Crippen molar-refractivity contribution in [3.8, 4) is 0 Å². The summed E-state index contributed by atoms with van der Waals surface area (Å²) in [6.07, 6.45) is 2.64. The van der Waals surface area contributed by atoms with Crippen molar-refractivity contribution in [3.05, 3.63) is 0 Å². The highest BCUT2D eigenvalue weighted by molar-refractivity contribution is 4.83. The number of rotatable bonds is 5. The standard InChI is InChI=1S/C14H30N2/c1-6-15-14-7-8-16(13(5)9-14)10-12(4)11(2)3/h11-15H,6-10H2,1-5H3. The molecule has 16 heavy (non-hydrogen) atoms. The van der Waals surface area contributed by atoms with Crippen LogP contribution in [-0.4, -0.2) is 36.6 Å². The maximum absolute atomic E-state index is 3.58. The van der Waals surface area contributed by atoms with Crippen LogP contribution in [0.2, 0.25) is 0 Å². The Morgan fingerprint density at radius 2 is 2.00 bits per heavy atom. The van der Waals surface area contributed by atoms with Crippen LogP contribution in [0.4, 0.5) is 0 Å². The molecule has 0 aliphatic carbocycles. The van der Waals surface area contributed by atoms with Gasteiger partial charge >= 0.3 is 0 Å². The number of likely N-dealkylation sites (tertiary alicyclic amines) is 1. The van der Waals surface area contributed by atoms with E-state index in [1.54, 1.807) is 0 Å². The summed E-state index contributed by atoms with van der Waals surface area (Å²) >= 11 is 0. The third kappa shape index (κ3) is 4.06. The van der Waals surface area contributed by atoms with Gasteiger partial charge in [0.05, 0.1) is 0 Å². The van der Waals surface area contributed by atoms with Gasteiger partial charge in [-0.1, -0.05) is 27.7 Å². The van der Waals surface area contributed by atoms with Crippen LogP contribution in [0, 0.1) is 11.8 Å². The topological polar surface area (TPSA) is 15.3 Å². The number of hydrogen-bond donors (Lipinski definition) is 1. The number of piperidine rings is 1. The van der Waals surface area contributed by atoms with Crippen molar-refractivity contribution in [2.24, 2.45) is 11.8 Å². The smallest absolute Gasteiger partial charge is 0.00939 e. The Balaban J connectivity index is 2.35. The van der Waals surface area contributed by atoms with Crippen LogP contribution < -0.4 is 5.32 Å². The van der Waals surface area contributed by atoms with E-state index in [-0.39, 0.29) is 0 Å². The fourth-order valence-corrected chi connectivity index (χ4v) is 2.55. The van der Waals surface area contributed by atoms with E-state index in [9.17, 15) is 0 Å². The molecule has 0 aromatic rings. The molecule has 0 bridgehead atoms. The lowest BCUT2D eigenvalue weighted by atomic mass is 9.93. The summed E-state index contributed by atoms with van der Waals surface area (Å²) in [5.74, 6) is 1.62. The Hall–Kier alpha value is -0.0800. The van der Waals surface area contributed by atoms with Gasteiger partial charge in [0.25, 0.3) is 0 Å². The zero-order valence-corrected chi connectivity index (χ0v) is 11.8. The Morgan fingerprint density at radius 3 is 2.50 bits per heavy atom. The predicted molar refractivity (Wildman–Crippen MR) is 71.7 cm³/mol. The summed E-state index contributed by atoms with van der Waals surface area (Å²) in [6, 6.07) is 1.50. The van der Waals surface area contributed by atoms with Crippen LogP contribution >= 0.6 is 0 Å². The maximum atomic E-state index is 3.58. The number of hydrogen-bond acceptors (Lipinski definition) is 2. The molecule has 1 rings (SSSR count). The van der Waals surface area contributed by atoms with Crippen LogP contribution in [0.25, 0.3) is 0 Å². The molecule has 1 saturated heterocycles. The van der Waals surface area contributed by atoms with Crippen LogP contribution in [0.3, 0.4) is 0 Å². The van der Waals surface area contributed by atoms with Gasteiger partial charge in [-0.15, -0.1) is 0 Å². The van der Waals surface area contributed by atoms with Gasteiger partial charge in [0, 0.05) is 18.6 Å². The van der Waals surface area contributed by atoms with Crippen LogP contribution in [0.5, 0.6) is 0 Å². The van der Waals surface area contributed by atoms with E-state index in [0.29, 0.717) is 0 Å². The predicted octanol–water partition coefficient (Wildman–Crippen LogP) is 2.74. The Bertz CT molecular complexity index is 191. The van der Waals surface area contributed by atoms with Gasteiger partial charge in [-0.3, -0.25) is 0 Å². The quantitative estimate of drug-likeness (QED) is 0.775. The molecular formula is C14H30N2. The largest absolute Gasteiger partial charge is 0.314 e. The average Bonchev–Trinajstić information content (AvgIpc) is 2.22. The lowest BCUT2D eigenvalue weighted by molar-refractivity contribution is 0.109. The van der Waals surface area contributed by atoms with E-state index in [1.807, 2.05) is 0 Å². The minimum atomic E-state index is 0.749. The summed E-state index contributed by atoms with van der Waals surface area (Å²) in [6.45, 7) is 15.3. The molecule has 0 aromatic carbocycles. The van der Waals surface area contributed by atoms with E-state index in [0.717, 1.165) is 30.5 Å². The average molecular weight is 226 g/mol. The second kappa shape index (κ2) is 6.61. The molecule has 2 nitrogen and oxygen atoms in total. The SMILES string of the molecule is CCNC1CCN(CC(C)C(C)C)C(C)C1. The Morgan fingerprint density at radius 1 is 1.31 bits per heavy atom. The highest BCUT2D eigenvalue weighted by atomic mass is 15.2. The molecule has 0 amide bonds. The highest BCUT2D eigenvalue weighted by Gasteiger charge is 2.26. The molecule has 0 spiro atoms. The molecule has 0 saturated carbocycles. The summed E-state index contributed by atoms with van der Waals surface area (Å²) in [4.78, 5) is 2.68. The Kier molecular flexibility index (Phi) is 5.77. The molecule has 3 atom stereocenters. The van der Waals surface area contributed by atoms with Gasteiger partial charge in [-0.25, -0.2) is 0 Å². The highest BCUT2D eigenvalue weighted by Crippen LogP contribution is 2.20. The molecule has 1 N–H and O–H groups in total. The zero-order chi connectivity index (χ0) is 12.1. The van der Waals surface area contributed by atoms with Crippen molar-refractivity contribution in [1.29, 1.82) is 0 Å². The summed E-state index contributed by atoms with van der Waals surface area (Å²) < 4.78 is 0. The van der Waals surface area contributed by atoms with Crippen molar-refractivity contribution in [2.75, 3.05) is 19.6 Å². The first kappa shape index (κ1) is 14.0. The molecule has 3 unspecified atom stereocenters. The minimum absolute atomic E-state index is 0.749. The third-order valence-corrected chi connectivity index (χ3v) is 4.17. The fourth-order valence-electron chi connectivity index (χ4n) is 2.55. The van der Waals surface area contributed by atoms with Crippen LogP contribution in [-0.2, 0) is 0 Å². The van der Waals surface area contributed by atoms with Gasteiger partial charge < -0.3 is 10.2 Å². The Labute approximate surface area is 102 Å². The van der Waals surface area contributed by atoms with Crippen LogP contribution in [0.1, 0.15) is 47.5 Å². The molecule has 2 heteroatoms. The first-order chi connectivity index (χ1) is 7.54. The van der Waals surface area contributed by atoms with Gasteiger partial charge in [0.2, 0.25) is 0 Å². The van der Waals surface area contributed by atoms with Gasteiger partial charge in [0.1, 0.15) is 0 Å². The van der Waals surface area contributed by atoms with Gasteiger partial charge in [-0.2, -0.15) is 0 Å². The van der Waals surface area contributed by atoms with Crippen molar-refractivity contribution in [1.82, 2.24) is 10.2 Å². The zero-order valence-electron chi connectivity index (χ0n) is 11.8. The molecular weight excluding hydrogens is 196 g/mol. The monoisotopic (exact) mass is 226 g/mol. The molecule has 1 aliphatic heterocycles. The van der Waals surface area contributed by atoms with Gasteiger partial charge in [-0.05, 0) is 44.7 Å². The molecule has 0 radical (unpaired) electrons. The molecule has 96 valence electrons. The van der Waals surface area contributed by atoms with E-state index < -0.39 is 0 Å². The molecule has 0 aromatic heterocycles. The minimum Gasteiger partial charge on any atom is -0.314 e. The number of nitrogens with one attached hydrogen (secondary N) is 1. The molecule has 1 aliphatic rings. The molecule has 1 heterocycles. The van der Waals surface area contributed by atoms with E-state index in [1.165, 1.54) is 25.9 Å². The summed E-state index contributed by atoms with van der Waals surface area (Å²) in [7, 11) is 0. The normalized spacial score (nSPS) is 29.6. The second-order valence-electron chi connectivity index (χ2n) is 5.84. The third-order valence-electron chi connectivity index (χ3n) is 4.17. The number of nitrogens with zero attached hydrogens (tertiary/aromatic N) is 1. The molecule has 1 fully saturated rings. The van der Waals surface area contributed by atoms with Crippen molar-refractivity contribution in [2.45, 2.75) is 59.5 Å². The lowest BCUT2D eigenvalue weighted by Gasteiger charge is -2.39. The first-order valence-corrected chi connectivity index (χ1v) is 7.02. The maximum Gasteiger partial charge on any atom is 0.00939 e.